The van der Waals surface area contributed by atoms with Crippen molar-refractivity contribution in [3.63, 3.8) is 0 Å². The van der Waals surface area contributed by atoms with Crippen LogP contribution in [0.1, 0.15) is 39.0 Å². The summed E-state index contributed by atoms with van der Waals surface area (Å²) in [5.74, 6) is -0.00161. The second-order valence-corrected chi connectivity index (χ2v) is 6.69. The summed E-state index contributed by atoms with van der Waals surface area (Å²) in [4.78, 5) is 11.9. The molecule has 0 aromatic carbocycles. The molecule has 2 aliphatic rings. The molecule has 1 saturated carbocycles. The van der Waals surface area contributed by atoms with E-state index in [0.29, 0.717) is 23.1 Å². The van der Waals surface area contributed by atoms with Crippen LogP contribution in [0.2, 0.25) is 0 Å². The highest BCUT2D eigenvalue weighted by Gasteiger charge is 2.57. The van der Waals surface area contributed by atoms with Crippen molar-refractivity contribution in [1.29, 1.82) is 0 Å². The van der Waals surface area contributed by atoms with Gasteiger partial charge in [0, 0.05) is 30.7 Å². The van der Waals surface area contributed by atoms with Crippen molar-refractivity contribution in [2.75, 3.05) is 14.2 Å². The molecule has 1 aliphatic carbocycles. The maximum atomic E-state index is 11.5. The number of carbonyl (C=O) groups is 1. The minimum Gasteiger partial charge on any atom is -0.469 e. The minimum absolute atomic E-state index is 0.133. The molecule has 0 N–H and O–H groups in total. The average Bonchev–Trinajstić information content (AvgIpc) is 2.95. The summed E-state index contributed by atoms with van der Waals surface area (Å²) in [6.45, 7) is 2.14. The zero-order valence-corrected chi connectivity index (χ0v) is 13.4. The van der Waals surface area contributed by atoms with E-state index in [1.54, 1.807) is 7.11 Å². The van der Waals surface area contributed by atoms with E-state index in [1.165, 1.54) is 7.11 Å². The van der Waals surface area contributed by atoms with Gasteiger partial charge in [-0.15, -0.1) is 0 Å². The maximum Gasteiger partial charge on any atom is 0.305 e. The van der Waals surface area contributed by atoms with Gasteiger partial charge < -0.3 is 14.2 Å². The van der Waals surface area contributed by atoms with Gasteiger partial charge in [-0.1, -0.05) is 22.9 Å². The van der Waals surface area contributed by atoms with Gasteiger partial charge in [0.05, 0.1) is 13.2 Å². The molecule has 2 rings (SSSR count). The van der Waals surface area contributed by atoms with Crippen LogP contribution in [0.3, 0.4) is 0 Å². The van der Waals surface area contributed by atoms with E-state index in [-0.39, 0.29) is 12.1 Å². The van der Waals surface area contributed by atoms with E-state index in [0.717, 1.165) is 25.7 Å². The van der Waals surface area contributed by atoms with Crippen LogP contribution >= 0.6 is 15.9 Å². The Morgan fingerprint density at radius 3 is 2.84 bits per heavy atom. The Morgan fingerprint density at radius 2 is 2.26 bits per heavy atom. The zero-order chi connectivity index (χ0) is 14.0. The van der Waals surface area contributed by atoms with Crippen molar-refractivity contribution in [1.82, 2.24) is 0 Å². The van der Waals surface area contributed by atoms with Crippen molar-refractivity contribution >= 4 is 21.9 Å². The van der Waals surface area contributed by atoms with Crippen LogP contribution in [-0.4, -0.2) is 36.9 Å². The van der Waals surface area contributed by atoms with Gasteiger partial charge in [-0.3, -0.25) is 4.79 Å². The molecule has 19 heavy (non-hydrogen) atoms. The van der Waals surface area contributed by atoms with Crippen molar-refractivity contribution in [3.8, 4) is 0 Å². The number of fused-ring (bicyclic) bond motifs is 1. The number of hydrogen-bond acceptors (Lipinski definition) is 4. The molecule has 1 saturated heterocycles. The van der Waals surface area contributed by atoms with Crippen molar-refractivity contribution in [2.24, 2.45) is 11.8 Å². The topological polar surface area (TPSA) is 44.8 Å². The van der Waals surface area contributed by atoms with Gasteiger partial charge in [-0.25, -0.2) is 0 Å². The third kappa shape index (κ3) is 2.83. The first kappa shape index (κ1) is 15.3. The van der Waals surface area contributed by atoms with E-state index in [1.807, 2.05) is 0 Å². The highest BCUT2D eigenvalue weighted by Crippen LogP contribution is 2.53. The predicted octanol–water partition coefficient (Wildman–Crippen LogP) is 2.88. The first-order valence-corrected chi connectivity index (χ1v) is 7.91. The number of methoxy groups -OCH3 is 2. The maximum absolute atomic E-state index is 11.5. The van der Waals surface area contributed by atoms with Gasteiger partial charge in [0.25, 0.3) is 0 Å². The van der Waals surface area contributed by atoms with Crippen molar-refractivity contribution in [2.45, 2.75) is 55.7 Å². The molecule has 0 amide bonds. The fourth-order valence-electron chi connectivity index (χ4n) is 3.53. The lowest BCUT2D eigenvalue weighted by atomic mass is 9.87. The summed E-state index contributed by atoms with van der Waals surface area (Å²) in [7, 11) is 3.16. The third-order valence-corrected chi connectivity index (χ3v) is 5.87. The lowest BCUT2D eigenvalue weighted by molar-refractivity contribution is -0.223. The molecule has 0 radical (unpaired) electrons. The normalized spacial score (nSPS) is 39.1. The third-order valence-electron chi connectivity index (χ3n) is 4.63. The molecule has 5 atom stereocenters. The highest BCUT2D eigenvalue weighted by atomic mass is 79.9. The van der Waals surface area contributed by atoms with Gasteiger partial charge in [-0.2, -0.15) is 0 Å². The Kier molecular flexibility index (Phi) is 4.90. The van der Waals surface area contributed by atoms with E-state index in [4.69, 9.17) is 14.2 Å². The molecule has 0 spiro atoms. The van der Waals surface area contributed by atoms with Crippen LogP contribution in [0.15, 0.2) is 0 Å². The second kappa shape index (κ2) is 6.10. The van der Waals surface area contributed by atoms with E-state index in [9.17, 15) is 4.79 Å². The first-order valence-electron chi connectivity index (χ1n) is 7.00. The molecule has 0 aromatic rings. The number of carbonyl (C=O) groups excluding carboxylic acids is 1. The van der Waals surface area contributed by atoms with Crippen LogP contribution in [-0.2, 0) is 19.0 Å². The molecule has 1 heterocycles. The Bertz CT molecular complexity index is 335. The molecule has 5 heteroatoms. The monoisotopic (exact) mass is 334 g/mol. The summed E-state index contributed by atoms with van der Waals surface area (Å²) in [5, 5.41) is 0. The fourth-order valence-corrected chi connectivity index (χ4v) is 3.86. The van der Waals surface area contributed by atoms with E-state index < -0.39 is 5.79 Å². The first-order chi connectivity index (χ1) is 9.06. The van der Waals surface area contributed by atoms with Crippen LogP contribution in [0.5, 0.6) is 0 Å². The van der Waals surface area contributed by atoms with Crippen molar-refractivity contribution < 1.29 is 19.0 Å². The summed E-state index contributed by atoms with van der Waals surface area (Å²) in [6, 6.07) is 0. The molecule has 4 nitrogen and oxygen atoms in total. The Morgan fingerprint density at radius 1 is 1.53 bits per heavy atom. The lowest BCUT2D eigenvalue weighted by Gasteiger charge is -2.29. The number of halogens is 1. The molecule has 0 bridgehead atoms. The lowest BCUT2D eigenvalue weighted by Crippen LogP contribution is -2.36. The van der Waals surface area contributed by atoms with E-state index in [2.05, 4.69) is 22.9 Å². The second-order valence-electron chi connectivity index (χ2n) is 5.52. The Hall–Kier alpha value is -0.130. The van der Waals surface area contributed by atoms with E-state index >= 15 is 0 Å². The molecular formula is C14H23BrO4. The van der Waals surface area contributed by atoms with Crippen LogP contribution in [0.25, 0.3) is 0 Å². The summed E-state index contributed by atoms with van der Waals surface area (Å²) in [6.07, 6.45) is 4.48. The number of hydrogen-bond donors (Lipinski definition) is 0. The molecule has 4 unspecified atom stereocenters. The van der Waals surface area contributed by atoms with Gasteiger partial charge in [0.15, 0.2) is 5.79 Å². The predicted molar refractivity (Wildman–Crippen MR) is 75.1 cm³/mol. The molecular weight excluding hydrogens is 312 g/mol. The van der Waals surface area contributed by atoms with Crippen LogP contribution in [0, 0.1) is 11.8 Å². The fraction of sp³-hybridized carbons (Fsp3) is 0.929. The smallest absolute Gasteiger partial charge is 0.305 e. The Balaban J connectivity index is 2.08. The van der Waals surface area contributed by atoms with Gasteiger partial charge in [0.2, 0.25) is 0 Å². The van der Waals surface area contributed by atoms with Gasteiger partial charge in [-0.05, 0) is 25.2 Å². The van der Waals surface area contributed by atoms with Gasteiger partial charge >= 0.3 is 5.97 Å². The standard InChI is InChI=1S/C14H23BrO4/c1-4-11(15)12-8-10-9(7-13(16)17-2)5-6-14(10,18-3)19-12/h9-12H,4-8H2,1-3H3/t9-,10?,11?,12?,14?/m1/s1. The summed E-state index contributed by atoms with van der Waals surface area (Å²) in [5.41, 5.74) is 0. The molecule has 0 aromatic heterocycles. The largest absolute Gasteiger partial charge is 0.469 e. The minimum atomic E-state index is -0.482. The number of rotatable bonds is 5. The van der Waals surface area contributed by atoms with Crippen molar-refractivity contribution in [3.05, 3.63) is 0 Å². The Labute approximate surface area is 123 Å². The summed E-state index contributed by atoms with van der Waals surface area (Å²) >= 11 is 3.68. The van der Waals surface area contributed by atoms with Gasteiger partial charge in [0.1, 0.15) is 0 Å². The van der Waals surface area contributed by atoms with Crippen LogP contribution < -0.4 is 0 Å². The zero-order valence-electron chi connectivity index (χ0n) is 11.9. The summed E-state index contributed by atoms with van der Waals surface area (Å²) < 4.78 is 16.7. The SMILES string of the molecule is CCC(Br)C1CC2[C@@H](CC(=O)OC)CCC2(OC)O1. The number of esters is 1. The quantitative estimate of drug-likeness (QED) is 0.572. The number of ether oxygens (including phenoxy) is 3. The average molecular weight is 335 g/mol. The molecule has 2 fully saturated rings. The van der Waals surface area contributed by atoms with Crippen LogP contribution in [0.4, 0.5) is 0 Å². The highest BCUT2D eigenvalue weighted by molar-refractivity contribution is 9.09. The molecule has 110 valence electrons. The number of alkyl halides is 1. The molecule has 1 aliphatic heterocycles.